The van der Waals surface area contributed by atoms with Crippen LogP contribution in [0.25, 0.3) is 22.3 Å². The van der Waals surface area contributed by atoms with Crippen molar-refractivity contribution in [1.29, 1.82) is 0 Å². The molecule has 0 bridgehead atoms. The summed E-state index contributed by atoms with van der Waals surface area (Å²) in [5.74, 6) is 0. The summed E-state index contributed by atoms with van der Waals surface area (Å²) in [6.07, 6.45) is 0. The lowest BCUT2D eigenvalue weighted by Crippen LogP contribution is -2.52. The predicted octanol–water partition coefficient (Wildman–Crippen LogP) is 5.84. The van der Waals surface area contributed by atoms with E-state index < -0.39 is 0 Å². The van der Waals surface area contributed by atoms with Gasteiger partial charge in [0.1, 0.15) is 0 Å². The van der Waals surface area contributed by atoms with E-state index in [2.05, 4.69) is 161 Å². The van der Waals surface area contributed by atoms with Crippen molar-refractivity contribution in [3.8, 4) is 22.3 Å². The third-order valence-corrected chi connectivity index (χ3v) is 8.50. The highest BCUT2D eigenvalue weighted by molar-refractivity contribution is 6.95. The second-order valence-electron chi connectivity index (χ2n) is 11.7. The zero-order valence-electron chi connectivity index (χ0n) is 23.7. The van der Waals surface area contributed by atoms with Gasteiger partial charge in [-0.2, -0.15) is 0 Å². The van der Waals surface area contributed by atoms with Crippen molar-refractivity contribution in [1.82, 2.24) is 0 Å². The largest absolute Gasteiger partial charge is 0.494 e. The Balaban J connectivity index is 1.35. The fourth-order valence-corrected chi connectivity index (χ4v) is 5.40. The summed E-state index contributed by atoms with van der Waals surface area (Å²) in [5, 5.41) is 0. The number of rotatable bonds is 6. The minimum atomic E-state index is -0.368. The first kappa shape index (κ1) is 26.4. The van der Waals surface area contributed by atoms with Gasteiger partial charge in [0, 0.05) is 0 Å². The molecule has 0 spiro atoms. The van der Waals surface area contributed by atoms with Crippen molar-refractivity contribution >= 4 is 35.7 Å². The van der Waals surface area contributed by atoms with Crippen molar-refractivity contribution in [2.75, 3.05) is 0 Å². The van der Waals surface area contributed by atoms with Gasteiger partial charge in [0.2, 0.25) is 6.71 Å². The Bertz CT molecular complexity index is 1460. The number of hydrogen-bond donors (Lipinski definition) is 0. The lowest BCUT2D eigenvalue weighted by molar-refractivity contribution is 0.00578. The topological polar surface area (TPSA) is 18.5 Å². The van der Waals surface area contributed by atoms with Crippen molar-refractivity contribution in [3.05, 3.63) is 133 Å². The summed E-state index contributed by atoms with van der Waals surface area (Å²) in [4.78, 5) is 0. The van der Waals surface area contributed by atoms with Crippen LogP contribution >= 0.6 is 0 Å². The average Bonchev–Trinajstić information content (AvgIpc) is 3.21. The van der Waals surface area contributed by atoms with Crippen molar-refractivity contribution in [2.24, 2.45) is 0 Å². The van der Waals surface area contributed by atoms with Gasteiger partial charge in [-0.3, -0.25) is 0 Å². The predicted molar refractivity (Wildman–Crippen MR) is 171 cm³/mol. The Labute approximate surface area is 239 Å². The molecule has 0 aromatic heterocycles. The fraction of sp³-hybridized carbons (Fsp3) is 0.167. The second-order valence-corrected chi connectivity index (χ2v) is 11.7. The van der Waals surface area contributed by atoms with Gasteiger partial charge in [-0.15, -0.1) is 0 Å². The van der Waals surface area contributed by atoms with E-state index in [0.29, 0.717) is 0 Å². The van der Waals surface area contributed by atoms with Crippen LogP contribution in [-0.4, -0.2) is 25.0 Å². The monoisotopic (exact) mass is 520 g/mol. The molecular formula is C36H34B2O2. The van der Waals surface area contributed by atoms with E-state index in [-0.39, 0.29) is 25.0 Å². The van der Waals surface area contributed by atoms with Crippen LogP contribution in [0.1, 0.15) is 27.7 Å². The highest BCUT2D eigenvalue weighted by Gasteiger charge is 2.51. The van der Waals surface area contributed by atoms with Crippen LogP contribution in [0.2, 0.25) is 0 Å². The van der Waals surface area contributed by atoms with Crippen LogP contribution in [0.4, 0.5) is 0 Å². The quantitative estimate of drug-likeness (QED) is 0.262. The minimum absolute atomic E-state index is 0.0991. The van der Waals surface area contributed by atoms with Gasteiger partial charge in [0.25, 0.3) is 0 Å². The van der Waals surface area contributed by atoms with Crippen LogP contribution in [0.5, 0.6) is 0 Å². The molecule has 0 amide bonds. The van der Waals surface area contributed by atoms with E-state index in [4.69, 9.17) is 9.31 Å². The summed E-state index contributed by atoms with van der Waals surface area (Å²) in [5.41, 5.74) is 8.97. The normalized spacial score (nSPS) is 15.7. The maximum Gasteiger partial charge on any atom is 0.494 e. The third-order valence-electron chi connectivity index (χ3n) is 8.50. The van der Waals surface area contributed by atoms with Crippen molar-refractivity contribution < 1.29 is 9.31 Å². The molecule has 1 fully saturated rings. The molecule has 6 rings (SSSR count). The maximum atomic E-state index is 6.31. The molecule has 1 heterocycles. The van der Waals surface area contributed by atoms with Crippen molar-refractivity contribution in [3.63, 3.8) is 0 Å². The molecule has 1 saturated heterocycles. The molecule has 0 saturated carbocycles. The molecule has 0 unspecified atom stereocenters. The number of hydrogen-bond acceptors (Lipinski definition) is 2. The molecule has 5 aromatic carbocycles. The van der Waals surface area contributed by atoms with E-state index in [0.717, 1.165) is 5.46 Å². The van der Waals surface area contributed by atoms with Gasteiger partial charge in [0.15, 0.2) is 0 Å². The molecule has 40 heavy (non-hydrogen) atoms. The highest BCUT2D eigenvalue weighted by Crippen LogP contribution is 2.36. The Morgan fingerprint density at radius 3 is 1.12 bits per heavy atom. The molecule has 1 aliphatic heterocycles. The first-order valence-corrected chi connectivity index (χ1v) is 14.1. The van der Waals surface area contributed by atoms with E-state index in [9.17, 15) is 0 Å². The molecule has 0 aliphatic carbocycles. The summed E-state index contributed by atoms with van der Waals surface area (Å²) >= 11 is 0. The molecule has 2 nitrogen and oxygen atoms in total. The highest BCUT2D eigenvalue weighted by atomic mass is 16.7. The standard InChI is InChI=1S/C36H34B2O2/c1-35(2)36(3,4)40-38(39-35)34-25-23-33(24-26-34)37(31-19-15-29(16-20-31)27-11-7-5-8-12-27)32-21-17-30(18-22-32)28-13-9-6-10-14-28/h5-26H,1-4H3. The third kappa shape index (κ3) is 5.18. The lowest BCUT2D eigenvalue weighted by atomic mass is 9.36. The van der Waals surface area contributed by atoms with Crippen molar-refractivity contribution in [2.45, 2.75) is 38.9 Å². The molecule has 0 atom stereocenters. The molecule has 196 valence electrons. The first-order valence-electron chi connectivity index (χ1n) is 14.1. The molecule has 0 N–H and O–H groups in total. The number of benzene rings is 5. The summed E-state index contributed by atoms with van der Waals surface area (Å²) in [6.45, 7) is 8.47. The Kier molecular flexibility index (Phi) is 7.00. The first-order chi connectivity index (χ1) is 19.3. The maximum absolute atomic E-state index is 6.31. The summed E-state index contributed by atoms with van der Waals surface area (Å²) < 4.78 is 12.6. The van der Waals surface area contributed by atoms with Gasteiger partial charge >= 0.3 is 7.12 Å². The molecule has 5 aromatic rings. The van der Waals surface area contributed by atoms with E-state index in [1.807, 2.05) is 0 Å². The Morgan fingerprint density at radius 1 is 0.425 bits per heavy atom. The van der Waals surface area contributed by atoms with E-state index >= 15 is 0 Å². The van der Waals surface area contributed by atoms with Crippen LogP contribution in [0, 0.1) is 0 Å². The second kappa shape index (κ2) is 10.6. The van der Waals surface area contributed by atoms with Gasteiger partial charge in [0.05, 0.1) is 11.2 Å². The molecule has 1 aliphatic rings. The minimum Gasteiger partial charge on any atom is -0.399 e. The van der Waals surface area contributed by atoms with Gasteiger partial charge in [-0.25, -0.2) is 0 Å². The molecular weight excluding hydrogens is 486 g/mol. The zero-order valence-corrected chi connectivity index (χ0v) is 23.7. The van der Waals surface area contributed by atoms with Gasteiger partial charge in [-0.1, -0.05) is 150 Å². The molecule has 0 radical (unpaired) electrons. The van der Waals surface area contributed by atoms with Gasteiger partial charge in [-0.05, 0) is 55.4 Å². The lowest BCUT2D eigenvalue weighted by Gasteiger charge is -2.32. The average molecular weight is 520 g/mol. The fourth-order valence-electron chi connectivity index (χ4n) is 5.40. The molecule has 4 heteroatoms. The summed E-state index contributed by atoms with van der Waals surface area (Å²) in [7, 11) is -0.368. The smallest absolute Gasteiger partial charge is 0.399 e. The van der Waals surface area contributed by atoms with Gasteiger partial charge < -0.3 is 9.31 Å². The Morgan fingerprint density at radius 2 is 0.750 bits per heavy atom. The Hall–Kier alpha value is -3.85. The van der Waals surface area contributed by atoms with Crippen LogP contribution in [0.15, 0.2) is 133 Å². The van der Waals surface area contributed by atoms with Crippen LogP contribution in [0.3, 0.4) is 0 Å². The van der Waals surface area contributed by atoms with E-state index in [1.165, 1.54) is 38.6 Å². The van der Waals surface area contributed by atoms with Crippen LogP contribution < -0.4 is 21.9 Å². The van der Waals surface area contributed by atoms with Crippen LogP contribution in [-0.2, 0) is 9.31 Å². The van der Waals surface area contributed by atoms with E-state index in [1.54, 1.807) is 0 Å². The zero-order chi connectivity index (χ0) is 27.7. The SMILES string of the molecule is CC1(C)OB(c2ccc(B(c3ccc(-c4ccccc4)cc3)c3ccc(-c4ccccc4)cc3)cc2)OC1(C)C. The summed E-state index contributed by atoms with van der Waals surface area (Å²) in [6, 6.07) is 47.8.